The van der Waals surface area contributed by atoms with Gasteiger partial charge in [0.15, 0.2) is 11.6 Å². The quantitative estimate of drug-likeness (QED) is 0.389. The predicted molar refractivity (Wildman–Crippen MR) is 93.9 cm³/mol. The average Bonchev–Trinajstić information content (AvgIpc) is 3.31. The highest BCUT2D eigenvalue weighted by molar-refractivity contribution is 5.90. The molecule has 1 saturated heterocycles. The summed E-state index contributed by atoms with van der Waals surface area (Å²) in [6.07, 6.45) is 8.55. The smallest absolute Gasteiger partial charge is 0.267 e. The lowest BCUT2D eigenvalue weighted by molar-refractivity contribution is -0.124. The van der Waals surface area contributed by atoms with E-state index < -0.39 is 11.7 Å². The molecule has 1 aliphatic heterocycles. The fraction of sp³-hybridized carbons (Fsp3) is 0.353. The first-order valence-corrected chi connectivity index (χ1v) is 8.38. The summed E-state index contributed by atoms with van der Waals surface area (Å²) in [6, 6.07) is 3.33. The molecule has 0 spiro atoms. The Bertz CT molecular complexity index is 765. The molecule has 0 aromatic carbocycles. The summed E-state index contributed by atoms with van der Waals surface area (Å²) in [5.74, 6) is -0.965. The summed E-state index contributed by atoms with van der Waals surface area (Å²) in [5.41, 5.74) is 1.90. The average molecular weight is 360 g/mol. The number of carbonyl (C=O) groups is 1. The first kappa shape index (κ1) is 18.0. The molecule has 3 N–H and O–H groups in total. The fourth-order valence-corrected chi connectivity index (χ4v) is 2.88. The van der Waals surface area contributed by atoms with Crippen LogP contribution in [0.25, 0.3) is 6.08 Å². The molecule has 0 radical (unpaired) electrons. The third-order valence-electron chi connectivity index (χ3n) is 4.22. The van der Waals surface area contributed by atoms with Gasteiger partial charge in [0.25, 0.3) is 5.91 Å². The number of pyridine rings is 1. The lowest BCUT2D eigenvalue weighted by atomic mass is 10.2. The van der Waals surface area contributed by atoms with E-state index >= 15 is 0 Å². The Balaban J connectivity index is 1.51. The second kappa shape index (κ2) is 8.54. The fourth-order valence-electron chi connectivity index (χ4n) is 2.88. The number of nitrogens with one attached hydrogen (secondary N) is 2. The van der Waals surface area contributed by atoms with E-state index in [0.29, 0.717) is 5.56 Å². The zero-order valence-electron chi connectivity index (χ0n) is 14.2. The molecule has 3 rings (SSSR count). The van der Waals surface area contributed by atoms with Gasteiger partial charge >= 0.3 is 0 Å². The zero-order chi connectivity index (χ0) is 18.4. The minimum Gasteiger partial charge on any atom is -0.364 e. The van der Waals surface area contributed by atoms with Crippen LogP contribution in [0.15, 0.2) is 36.8 Å². The molecule has 26 heavy (non-hydrogen) atoms. The number of hydrogen-bond acceptors (Lipinski definition) is 6. The molecule has 9 heteroatoms. The molecular formula is C17H21FN6O2. The molecule has 1 amide bonds. The number of halogens is 1. The van der Waals surface area contributed by atoms with E-state index in [0.717, 1.165) is 38.7 Å². The SMILES string of the molecule is O=C(/C=C/c1cnc(N[C@@H]2CCN(CCn3cccn3)C2)c(F)c1)NO. The Morgan fingerprint density at radius 1 is 1.46 bits per heavy atom. The molecule has 1 aliphatic rings. The van der Waals surface area contributed by atoms with Crippen LogP contribution in [-0.4, -0.2) is 56.5 Å². The summed E-state index contributed by atoms with van der Waals surface area (Å²) in [5, 5.41) is 15.8. The number of aromatic nitrogens is 3. The third-order valence-corrected chi connectivity index (χ3v) is 4.22. The van der Waals surface area contributed by atoms with Crippen LogP contribution >= 0.6 is 0 Å². The summed E-state index contributed by atoms with van der Waals surface area (Å²) in [7, 11) is 0. The number of hydrogen-bond donors (Lipinski definition) is 3. The second-order valence-corrected chi connectivity index (χ2v) is 6.11. The van der Waals surface area contributed by atoms with Crippen LogP contribution in [0.3, 0.4) is 0 Å². The van der Waals surface area contributed by atoms with Gasteiger partial charge in [0.05, 0.1) is 6.54 Å². The monoisotopic (exact) mass is 360 g/mol. The number of amides is 1. The van der Waals surface area contributed by atoms with Gasteiger partial charge in [-0.05, 0) is 30.2 Å². The Kier molecular flexibility index (Phi) is 5.92. The van der Waals surface area contributed by atoms with Crippen molar-refractivity contribution < 1.29 is 14.4 Å². The zero-order valence-corrected chi connectivity index (χ0v) is 14.2. The van der Waals surface area contributed by atoms with Crippen LogP contribution in [0.5, 0.6) is 0 Å². The van der Waals surface area contributed by atoms with E-state index in [2.05, 4.69) is 20.3 Å². The predicted octanol–water partition coefficient (Wildman–Crippen LogP) is 1.12. The van der Waals surface area contributed by atoms with Gasteiger partial charge in [0.2, 0.25) is 0 Å². The van der Waals surface area contributed by atoms with Crippen molar-refractivity contribution in [3.8, 4) is 0 Å². The number of carbonyl (C=O) groups excluding carboxylic acids is 1. The molecule has 1 fully saturated rings. The van der Waals surface area contributed by atoms with E-state index in [1.807, 2.05) is 16.9 Å². The molecule has 1 atom stereocenters. The van der Waals surface area contributed by atoms with Crippen LogP contribution < -0.4 is 10.8 Å². The van der Waals surface area contributed by atoms with Crippen LogP contribution in [0, 0.1) is 5.82 Å². The normalized spacial score (nSPS) is 17.7. The number of likely N-dealkylation sites (tertiary alicyclic amines) is 1. The Morgan fingerprint density at radius 3 is 3.08 bits per heavy atom. The number of nitrogens with zero attached hydrogens (tertiary/aromatic N) is 4. The van der Waals surface area contributed by atoms with Gasteiger partial charge in [-0.2, -0.15) is 5.10 Å². The minimum atomic E-state index is -0.686. The van der Waals surface area contributed by atoms with Gasteiger partial charge in [0.1, 0.15) is 0 Å². The van der Waals surface area contributed by atoms with E-state index in [-0.39, 0.29) is 11.9 Å². The maximum Gasteiger partial charge on any atom is 0.267 e. The summed E-state index contributed by atoms with van der Waals surface area (Å²) in [4.78, 5) is 17.3. The molecule has 138 valence electrons. The Hall–Kier alpha value is -2.78. The summed E-state index contributed by atoms with van der Waals surface area (Å²) >= 11 is 0. The number of anilines is 1. The lowest BCUT2D eigenvalue weighted by Gasteiger charge is -2.17. The van der Waals surface area contributed by atoms with E-state index in [4.69, 9.17) is 5.21 Å². The molecule has 3 heterocycles. The standard InChI is InChI=1S/C17H21FN6O2/c18-15-10-13(2-3-16(25)22-26)11-19-17(15)21-14-4-7-23(12-14)8-9-24-6-1-5-20-24/h1-3,5-6,10-11,14,26H,4,7-9,12H2,(H,19,21)(H,22,25)/b3-2+/t14-/m1/s1. The van der Waals surface area contributed by atoms with Gasteiger partial charge in [-0.1, -0.05) is 0 Å². The lowest BCUT2D eigenvalue weighted by Crippen LogP contribution is -2.29. The summed E-state index contributed by atoms with van der Waals surface area (Å²) < 4.78 is 16.1. The first-order chi connectivity index (χ1) is 12.6. The van der Waals surface area contributed by atoms with Gasteiger partial charge in [-0.15, -0.1) is 0 Å². The highest BCUT2D eigenvalue weighted by Gasteiger charge is 2.23. The van der Waals surface area contributed by atoms with E-state index in [9.17, 15) is 9.18 Å². The van der Waals surface area contributed by atoms with Crippen LogP contribution in [-0.2, 0) is 11.3 Å². The molecule has 2 aromatic rings. The molecule has 8 nitrogen and oxygen atoms in total. The van der Waals surface area contributed by atoms with Gasteiger partial charge < -0.3 is 5.32 Å². The largest absolute Gasteiger partial charge is 0.364 e. The van der Waals surface area contributed by atoms with E-state index in [1.54, 1.807) is 6.20 Å². The third kappa shape index (κ3) is 4.87. The van der Waals surface area contributed by atoms with Crippen molar-refractivity contribution in [2.75, 3.05) is 25.0 Å². The Labute approximate surface area is 150 Å². The highest BCUT2D eigenvalue weighted by atomic mass is 19.1. The van der Waals surface area contributed by atoms with Crippen molar-refractivity contribution in [1.29, 1.82) is 0 Å². The topological polar surface area (TPSA) is 95.3 Å². The van der Waals surface area contributed by atoms with Gasteiger partial charge in [-0.25, -0.2) is 14.9 Å². The molecular weight excluding hydrogens is 339 g/mol. The number of rotatable bonds is 7. The van der Waals surface area contributed by atoms with Crippen LogP contribution in [0.2, 0.25) is 0 Å². The van der Waals surface area contributed by atoms with Gasteiger partial charge in [0, 0.05) is 50.3 Å². The maximum atomic E-state index is 14.2. The van der Waals surface area contributed by atoms with Crippen molar-refractivity contribution in [1.82, 2.24) is 25.1 Å². The highest BCUT2D eigenvalue weighted by Crippen LogP contribution is 2.18. The molecule has 0 aliphatic carbocycles. The Morgan fingerprint density at radius 2 is 2.35 bits per heavy atom. The van der Waals surface area contributed by atoms with E-state index in [1.165, 1.54) is 23.8 Å². The van der Waals surface area contributed by atoms with Crippen molar-refractivity contribution in [3.63, 3.8) is 0 Å². The molecule has 0 bridgehead atoms. The maximum absolute atomic E-state index is 14.2. The van der Waals surface area contributed by atoms with Crippen molar-refractivity contribution in [2.24, 2.45) is 0 Å². The second-order valence-electron chi connectivity index (χ2n) is 6.11. The van der Waals surface area contributed by atoms with Crippen molar-refractivity contribution in [2.45, 2.75) is 19.0 Å². The molecule has 0 unspecified atom stereocenters. The molecule has 0 saturated carbocycles. The van der Waals surface area contributed by atoms with Crippen LogP contribution in [0.4, 0.5) is 10.2 Å². The van der Waals surface area contributed by atoms with Crippen molar-refractivity contribution in [3.05, 3.63) is 48.2 Å². The van der Waals surface area contributed by atoms with Crippen molar-refractivity contribution >= 4 is 17.8 Å². The first-order valence-electron chi connectivity index (χ1n) is 8.38. The minimum absolute atomic E-state index is 0.135. The molecule has 2 aromatic heterocycles. The van der Waals surface area contributed by atoms with Crippen LogP contribution in [0.1, 0.15) is 12.0 Å². The summed E-state index contributed by atoms with van der Waals surface area (Å²) in [6.45, 7) is 3.49. The number of hydroxylamine groups is 1. The van der Waals surface area contributed by atoms with Gasteiger partial charge in [-0.3, -0.25) is 19.6 Å².